The fourth-order valence-corrected chi connectivity index (χ4v) is 3.53. The van der Waals surface area contributed by atoms with Crippen molar-refractivity contribution in [2.75, 3.05) is 5.73 Å². The standard InChI is InChI=1S/C23H39NO2/c1-2-3-4-5-6-7-8-9-10-11-12-13-14-15-17-20-18-16-19-21(22(20)24)23(25)26/h16,18-19H,2-15,17,24H2,1H3,(H,25,26). The van der Waals surface area contributed by atoms with E-state index in [1.165, 1.54) is 83.5 Å². The van der Waals surface area contributed by atoms with E-state index < -0.39 is 5.97 Å². The molecular weight excluding hydrogens is 322 g/mol. The van der Waals surface area contributed by atoms with Crippen LogP contribution in [0.5, 0.6) is 0 Å². The molecule has 148 valence electrons. The van der Waals surface area contributed by atoms with Gasteiger partial charge in [0.2, 0.25) is 0 Å². The first-order valence-electron chi connectivity index (χ1n) is 10.8. The predicted molar refractivity (Wildman–Crippen MR) is 112 cm³/mol. The lowest BCUT2D eigenvalue weighted by atomic mass is 10.0. The topological polar surface area (TPSA) is 63.3 Å². The summed E-state index contributed by atoms with van der Waals surface area (Å²) in [4.78, 5) is 11.1. The van der Waals surface area contributed by atoms with Gasteiger partial charge in [-0.15, -0.1) is 0 Å². The van der Waals surface area contributed by atoms with E-state index in [2.05, 4.69) is 6.92 Å². The van der Waals surface area contributed by atoms with Crippen LogP contribution in [0.15, 0.2) is 18.2 Å². The Morgan fingerprint density at radius 1 is 0.808 bits per heavy atom. The molecule has 0 aliphatic heterocycles. The van der Waals surface area contributed by atoms with Crippen molar-refractivity contribution in [1.82, 2.24) is 0 Å². The molecule has 0 unspecified atom stereocenters. The van der Waals surface area contributed by atoms with Crippen molar-refractivity contribution in [3.63, 3.8) is 0 Å². The summed E-state index contributed by atoms with van der Waals surface area (Å²) in [5, 5.41) is 9.10. The highest BCUT2D eigenvalue weighted by Gasteiger charge is 2.10. The zero-order valence-electron chi connectivity index (χ0n) is 16.8. The number of rotatable bonds is 16. The van der Waals surface area contributed by atoms with Crippen LogP contribution in [-0.4, -0.2) is 11.1 Å². The van der Waals surface area contributed by atoms with Gasteiger partial charge in [0, 0.05) is 5.69 Å². The minimum atomic E-state index is -0.940. The fourth-order valence-electron chi connectivity index (χ4n) is 3.53. The monoisotopic (exact) mass is 361 g/mol. The van der Waals surface area contributed by atoms with Gasteiger partial charge < -0.3 is 10.8 Å². The molecule has 26 heavy (non-hydrogen) atoms. The van der Waals surface area contributed by atoms with Gasteiger partial charge in [0.15, 0.2) is 0 Å². The third kappa shape index (κ3) is 9.84. The van der Waals surface area contributed by atoms with Crippen molar-refractivity contribution in [2.24, 2.45) is 0 Å². The van der Waals surface area contributed by atoms with E-state index in [0.717, 1.165) is 18.4 Å². The Labute approximate surface area is 160 Å². The molecule has 0 fully saturated rings. The number of hydrogen-bond donors (Lipinski definition) is 2. The van der Waals surface area contributed by atoms with Gasteiger partial charge in [-0.25, -0.2) is 4.79 Å². The lowest BCUT2D eigenvalue weighted by molar-refractivity contribution is 0.0698. The Morgan fingerprint density at radius 2 is 1.27 bits per heavy atom. The third-order valence-electron chi connectivity index (χ3n) is 5.23. The highest BCUT2D eigenvalue weighted by Crippen LogP contribution is 2.20. The predicted octanol–water partition coefficient (Wildman–Crippen LogP) is 6.99. The van der Waals surface area contributed by atoms with Crippen LogP contribution in [0.25, 0.3) is 0 Å². The number of nitrogens with two attached hydrogens (primary N) is 1. The second kappa shape index (κ2) is 14.6. The number of benzene rings is 1. The molecule has 0 atom stereocenters. The van der Waals surface area contributed by atoms with Crippen LogP contribution in [-0.2, 0) is 6.42 Å². The number of aryl methyl sites for hydroxylation is 1. The van der Waals surface area contributed by atoms with E-state index in [4.69, 9.17) is 10.8 Å². The summed E-state index contributed by atoms with van der Waals surface area (Å²) in [6.45, 7) is 2.27. The molecule has 0 saturated heterocycles. The molecule has 0 bridgehead atoms. The van der Waals surface area contributed by atoms with E-state index in [-0.39, 0.29) is 5.56 Å². The summed E-state index contributed by atoms with van der Waals surface area (Å²) in [6.07, 6.45) is 19.7. The number of hydrogen-bond acceptors (Lipinski definition) is 2. The smallest absolute Gasteiger partial charge is 0.337 e. The molecule has 0 amide bonds. The molecular formula is C23H39NO2. The molecule has 0 aliphatic rings. The maximum Gasteiger partial charge on any atom is 0.337 e. The van der Waals surface area contributed by atoms with E-state index in [9.17, 15) is 4.79 Å². The Hall–Kier alpha value is -1.51. The van der Waals surface area contributed by atoms with Gasteiger partial charge in [0.05, 0.1) is 5.56 Å². The molecule has 1 rings (SSSR count). The molecule has 3 N–H and O–H groups in total. The van der Waals surface area contributed by atoms with Crippen LogP contribution in [0.2, 0.25) is 0 Å². The summed E-state index contributed by atoms with van der Waals surface area (Å²) in [5.74, 6) is -0.940. The first-order chi connectivity index (χ1) is 12.7. The van der Waals surface area contributed by atoms with Gasteiger partial charge in [0.1, 0.15) is 0 Å². The number of para-hydroxylation sites is 1. The normalized spacial score (nSPS) is 11.0. The van der Waals surface area contributed by atoms with Gasteiger partial charge >= 0.3 is 5.97 Å². The lowest BCUT2D eigenvalue weighted by Gasteiger charge is -2.08. The van der Waals surface area contributed by atoms with Gasteiger partial charge in [-0.1, -0.05) is 103 Å². The van der Waals surface area contributed by atoms with Crippen molar-refractivity contribution >= 4 is 11.7 Å². The van der Waals surface area contributed by atoms with E-state index in [1.54, 1.807) is 12.1 Å². The molecule has 0 heterocycles. The van der Waals surface area contributed by atoms with Crippen LogP contribution in [0, 0.1) is 0 Å². The Morgan fingerprint density at radius 3 is 1.73 bits per heavy atom. The highest BCUT2D eigenvalue weighted by molar-refractivity contribution is 5.94. The number of nitrogen functional groups attached to an aromatic ring is 1. The highest BCUT2D eigenvalue weighted by atomic mass is 16.4. The first-order valence-corrected chi connectivity index (χ1v) is 10.8. The molecule has 0 aliphatic carbocycles. The minimum absolute atomic E-state index is 0.230. The van der Waals surface area contributed by atoms with Crippen molar-refractivity contribution in [3.05, 3.63) is 29.3 Å². The molecule has 0 spiro atoms. The van der Waals surface area contributed by atoms with Crippen molar-refractivity contribution in [3.8, 4) is 0 Å². The number of aromatic carboxylic acids is 1. The van der Waals surface area contributed by atoms with Gasteiger partial charge in [-0.2, -0.15) is 0 Å². The van der Waals surface area contributed by atoms with Crippen molar-refractivity contribution in [2.45, 2.75) is 103 Å². The van der Waals surface area contributed by atoms with Crippen LogP contribution < -0.4 is 5.73 Å². The Kier molecular flexibility index (Phi) is 12.7. The summed E-state index contributed by atoms with van der Waals surface area (Å²) < 4.78 is 0. The number of carboxylic acid groups (broad SMARTS) is 1. The van der Waals surface area contributed by atoms with Gasteiger partial charge in [-0.05, 0) is 24.5 Å². The lowest BCUT2D eigenvalue weighted by Crippen LogP contribution is -2.05. The average molecular weight is 362 g/mol. The van der Waals surface area contributed by atoms with Crippen molar-refractivity contribution in [1.29, 1.82) is 0 Å². The zero-order valence-corrected chi connectivity index (χ0v) is 16.8. The summed E-state index contributed by atoms with van der Waals surface area (Å²) in [5.41, 5.74) is 7.60. The zero-order chi connectivity index (χ0) is 19.0. The summed E-state index contributed by atoms with van der Waals surface area (Å²) in [6, 6.07) is 5.31. The molecule has 0 aromatic heterocycles. The first kappa shape index (κ1) is 22.5. The number of carboxylic acids is 1. The Balaban J connectivity index is 1.96. The van der Waals surface area contributed by atoms with Gasteiger partial charge in [0.25, 0.3) is 0 Å². The largest absolute Gasteiger partial charge is 0.478 e. The summed E-state index contributed by atoms with van der Waals surface area (Å²) in [7, 11) is 0. The van der Waals surface area contributed by atoms with Crippen LogP contribution in [0.1, 0.15) is 113 Å². The molecule has 3 heteroatoms. The second-order valence-electron chi connectivity index (χ2n) is 7.53. The number of carbonyl (C=O) groups is 1. The molecule has 3 nitrogen and oxygen atoms in total. The molecule has 1 aromatic rings. The summed E-state index contributed by atoms with van der Waals surface area (Å²) >= 11 is 0. The van der Waals surface area contributed by atoms with E-state index in [1.807, 2.05) is 6.07 Å². The third-order valence-corrected chi connectivity index (χ3v) is 5.23. The fraction of sp³-hybridized carbons (Fsp3) is 0.696. The average Bonchev–Trinajstić information content (AvgIpc) is 2.63. The second-order valence-corrected chi connectivity index (χ2v) is 7.53. The Bertz CT molecular complexity index is 499. The molecule has 0 radical (unpaired) electrons. The van der Waals surface area contributed by atoms with E-state index >= 15 is 0 Å². The quantitative estimate of drug-likeness (QED) is 0.246. The molecule has 0 saturated carbocycles. The minimum Gasteiger partial charge on any atom is -0.478 e. The maximum atomic E-state index is 11.1. The maximum absolute atomic E-state index is 11.1. The molecule has 1 aromatic carbocycles. The SMILES string of the molecule is CCCCCCCCCCCCCCCCc1cccc(C(=O)O)c1N. The van der Waals surface area contributed by atoms with Crippen molar-refractivity contribution < 1.29 is 9.90 Å². The van der Waals surface area contributed by atoms with Crippen LogP contribution in [0.4, 0.5) is 5.69 Å². The number of anilines is 1. The van der Waals surface area contributed by atoms with Crippen LogP contribution in [0.3, 0.4) is 0 Å². The van der Waals surface area contributed by atoms with Gasteiger partial charge in [-0.3, -0.25) is 0 Å². The van der Waals surface area contributed by atoms with E-state index in [0.29, 0.717) is 5.69 Å². The van der Waals surface area contributed by atoms with Crippen LogP contribution >= 0.6 is 0 Å². The number of unbranched alkanes of at least 4 members (excludes halogenated alkanes) is 13.